The summed E-state index contributed by atoms with van der Waals surface area (Å²) in [6.45, 7) is 3.81. The highest BCUT2D eigenvalue weighted by Crippen LogP contribution is 2.30. The molecule has 0 radical (unpaired) electrons. The zero-order chi connectivity index (χ0) is 18.2. The fourth-order valence-electron chi connectivity index (χ4n) is 2.37. The normalized spacial score (nSPS) is 10.6. The van der Waals surface area contributed by atoms with E-state index in [9.17, 15) is 0 Å². The van der Waals surface area contributed by atoms with Crippen molar-refractivity contribution in [1.82, 2.24) is 14.9 Å². The molecule has 2 rings (SSSR count). The number of anilines is 3. The molecule has 0 spiro atoms. The maximum Gasteiger partial charge on any atom is 0.224 e. The second kappa shape index (κ2) is 9.08. The highest BCUT2D eigenvalue weighted by molar-refractivity contribution is 5.62. The fourth-order valence-corrected chi connectivity index (χ4v) is 2.37. The van der Waals surface area contributed by atoms with Crippen LogP contribution in [0.4, 0.5) is 17.5 Å². The van der Waals surface area contributed by atoms with Crippen molar-refractivity contribution < 1.29 is 9.47 Å². The first-order valence-corrected chi connectivity index (χ1v) is 8.25. The molecule has 0 amide bonds. The number of rotatable bonds is 9. The SMILES string of the molecule is COc1ccc(Nc2cc(C)nc(NCCCN(C)C)n2)cc1OC. The Hall–Kier alpha value is -2.54. The number of nitrogens with zero attached hydrogens (tertiary/aromatic N) is 3. The van der Waals surface area contributed by atoms with Crippen LogP contribution in [0.5, 0.6) is 11.5 Å². The van der Waals surface area contributed by atoms with Gasteiger partial charge in [0.05, 0.1) is 14.2 Å². The Morgan fingerprint density at radius 2 is 1.80 bits per heavy atom. The smallest absolute Gasteiger partial charge is 0.224 e. The molecule has 0 aliphatic rings. The Balaban J connectivity index is 2.06. The minimum atomic E-state index is 0.627. The molecule has 1 aromatic carbocycles. The molecule has 0 unspecified atom stereocenters. The summed E-state index contributed by atoms with van der Waals surface area (Å²) in [4.78, 5) is 11.1. The summed E-state index contributed by atoms with van der Waals surface area (Å²) in [6.07, 6.45) is 1.03. The Labute approximate surface area is 149 Å². The van der Waals surface area contributed by atoms with Gasteiger partial charge in [0.15, 0.2) is 11.5 Å². The number of hydrogen-bond acceptors (Lipinski definition) is 7. The van der Waals surface area contributed by atoms with E-state index in [1.54, 1.807) is 14.2 Å². The highest BCUT2D eigenvalue weighted by atomic mass is 16.5. The lowest BCUT2D eigenvalue weighted by atomic mass is 10.2. The summed E-state index contributed by atoms with van der Waals surface area (Å²) in [7, 11) is 7.36. The first kappa shape index (κ1) is 18.8. The Morgan fingerprint density at radius 3 is 2.48 bits per heavy atom. The van der Waals surface area contributed by atoms with Crippen LogP contribution in [0.2, 0.25) is 0 Å². The molecule has 7 heteroatoms. The summed E-state index contributed by atoms with van der Waals surface area (Å²) in [5, 5.41) is 6.56. The number of hydrogen-bond donors (Lipinski definition) is 2. The van der Waals surface area contributed by atoms with Crippen LogP contribution in [0.25, 0.3) is 0 Å². The van der Waals surface area contributed by atoms with Gasteiger partial charge in [0.25, 0.3) is 0 Å². The Kier molecular flexibility index (Phi) is 6.82. The van der Waals surface area contributed by atoms with E-state index in [1.807, 2.05) is 31.2 Å². The third kappa shape index (κ3) is 5.79. The van der Waals surface area contributed by atoms with E-state index < -0.39 is 0 Å². The summed E-state index contributed by atoms with van der Waals surface area (Å²) in [5.74, 6) is 2.71. The Bertz CT molecular complexity index is 691. The highest BCUT2D eigenvalue weighted by Gasteiger charge is 2.07. The topological polar surface area (TPSA) is 71.5 Å². The summed E-state index contributed by atoms with van der Waals surface area (Å²) >= 11 is 0. The van der Waals surface area contributed by atoms with Gasteiger partial charge in [-0.25, -0.2) is 4.98 Å². The van der Waals surface area contributed by atoms with Gasteiger partial charge in [-0.05, 0) is 46.1 Å². The molecule has 2 aromatic rings. The number of aromatic nitrogens is 2. The zero-order valence-electron chi connectivity index (χ0n) is 15.6. The van der Waals surface area contributed by atoms with E-state index >= 15 is 0 Å². The molecule has 1 aromatic heterocycles. The van der Waals surface area contributed by atoms with Crippen LogP contribution in [0.15, 0.2) is 24.3 Å². The van der Waals surface area contributed by atoms with E-state index in [0.29, 0.717) is 17.4 Å². The molecule has 0 saturated heterocycles. The molecule has 0 aliphatic heterocycles. The van der Waals surface area contributed by atoms with Crippen LogP contribution in [0.1, 0.15) is 12.1 Å². The molecular weight excluding hydrogens is 318 g/mol. The maximum atomic E-state index is 5.33. The van der Waals surface area contributed by atoms with Crippen LogP contribution < -0.4 is 20.1 Å². The van der Waals surface area contributed by atoms with Crippen molar-refractivity contribution in [1.29, 1.82) is 0 Å². The first-order chi connectivity index (χ1) is 12.0. The van der Waals surface area contributed by atoms with Crippen molar-refractivity contribution in [3.05, 3.63) is 30.0 Å². The number of ether oxygens (including phenoxy) is 2. The molecule has 25 heavy (non-hydrogen) atoms. The summed E-state index contributed by atoms with van der Waals surface area (Å²) < 4.78 is 10.6. The predicted octanol–water partition coefficient (Wildman–Crippen LogP) is 2.91. The van der Waals surface area contributed by atoms with E-state index in [4.69, 9.17) is 9.47 Å². The van der Waals surface area contributed by atoms with Crippen molar-refractivity contribution >= 4 is 17.5 Å². The van der Waals surface area contributed by atoms with Gasteiger partial charge < -0.3 is 25.0 Å². The predicted molar refractivity (Wildman–Crippen MR) is 101 cm³/mol. The number of benzene rings is 1. The van der Waals surface area contributed by atoms with Gasteiger partial charge in [-0.3, -0.25) is 0 Å². The van der Waals surface area contributed by atoms with Crippen molar-refractivity contribution in [2.45, 2.75) is 13.3 Å². The van der Waals surface area contributed by atoms with Crippen LogP contribution in [-0.4, -0.2) is 56.3 Å². The molecule has 1 heterocycles. The molecule has 2 N–H and O–H groups in total. The first-order valence-electron chi connectivity index (χ1n) is 8.25. The molecule has 0 saturated carbocycles. The van der Waals surface area contributed by atoms with Crippen molar-refractivity contribution in [2.75, 3.05) is 52.0 Å². The molecule has 7 nitrogen and oxygen atoms in total. The molecular formula is C18H27N5O2. The summed E-state index contributed by atoms with van der Waals surface area (Å²) in [5.41, 5.74) is 1.77. The maximum absolute atomic E-state index is 5.33. The van der Waals surface area contributed by atoms with Gasteiger partial charge in [0.2, 0.25) is 5.95 Å². The van der Waals surface area contributed by atoms with Gasteiger partial charge in [0.1, 0.15) is 5.82 Å². The number of methoxy groups -OCH3 is 2. The third-order valence-corrected chi connectivity index (χ3v) is 3.58. The largest absolute Gasteiger partial charge is 0.493 e. The average molecular weight is 345 g/mol. The van der Waals surface area contributed by atoms with Gasteiger partial charge in [-0.2, -0.15) is 4.98 Å². The molecule has 0 fully saturated rings. The minimum Gasteiger partial charge on any atom is -0.493 e. The van der Waals surface area contributed by atoms with E-state index in [2.05, 4.69) is 39.6 Å². The van der Waals surface area contributed by atoms with E-state index in [0.717, 1.165) is 36.7 Å². The Morgan fingerprint density at radius 1 is 1.04 bits per heavy atom. The third-order valence-electron chi connectivity index (χ3n) is 3.58. The quantitative estimate of drug-likeness (QED) is 0.677. The second-order valence-electron chi connectivity index (χ2n) is 6.00. The van der Waals surface area contributed by atoms with Crippen LogP contribution in [0, 0.1) is 6.92 Å². The van der Waals surface area contributed by atoms with Crippen molar-refractivity contribution in [2.24, 2.45) is 0 Å². The number of nitrogens with one attached hydrogen (secondary N) is 2. The number of aryl methyl sites for hydroxylation is 1. The second-order valence-corrected chi connectivity index (χ2v) is 6.00. The van der Waals surface area contributed by atoms with Crippen molar-refractivity contribution in [3.8, 4) is 11.5 Å². The standard InChI is InChI=1S/C18H27N5O2/c1-13-11-17(22-18(20-13)19-9-6-10-23(2)3)21-14-7-8-15(24-4)16(12-14)25-5/h7-8,11-12H,6,9-10H2,1-5H3,(H2,19,20,21,22). The van der Waals surface area contributed by atoms with Gasteiger partial charge in [-0.15, -0.1) is 0 Å². The summed E-state index contributed by atoms with van der Waals surface area (Å²) in [6, 6.07) is 7.56. The molecule has 0 aliphatic carbocycles. The molecule has 0 atom stereocenters. The lowest BCUT2D eigenvalue weighted by Crippen LogP contribution is -2.17. The zero-order valence-corrected chi connectivity index (χ0v) is 15.6. The minimum absolute atomic E-state index is 0.627. The molecule has 136 valence electrons. The van der Waals surface area contributed by atoms with Crippen LogP contribution in [-0.2, 0) is 0 Å². The van der Waals surface area contributed by atoms with Gasteiger partial charge in [-0.1, -0.05) is 0 Å². The van der Waals surface area contributed by atoms with Crippen molar-refractivity contribution in [3.63, 3.8) is 0 Å². The van der Waals surface area contributed by atoms with Gasteiger partial charge in [0, 0.05) is 30.1 Å². The van der Waals surface area contributed by atoms with E-state index in [1.165, 1.54) is 0 Å². The fraction of sp³-hybridized carbons (Fsp3) is 0.444. The lowest BCUT2D eigenvalue weighted by Gasteiger charge is -2.13. The van der Waals surface area contributed by atoms with Crippen LogP contribution in [0.3, 0.4) is 0 Å². The average Bonchev–Trinajstić information content (AvgIpc) is 2.58. The van der Waals surface area contributed by atoms with E-state index in [-0.39, 0.29) is 0 Å². The lowest BCUT2D eigenvalue weighted by molar-refractivity contribution is 0.355. The monoisotopic (exact) mass is 345 g/mol. The van der Waals surface area contributed by atoms with Gasteiger partial charge >= 0.3 is 0 Å². The molecule has 0 bridgehead atoms. The van der Waals surface area contributed by atoms with Crippen LogP contribution >= 0.6 is 0 Å².